The Balaban J connectivity index is 2.87. The number of hydrogen-bond acceptors (Lipinski definition) is 4. The van der Waals surface area contributed by atoms with Gasteiger partial charge in [-0.15, -0.1) is 0 Å². The van der Waals surface area contributed by atoms with Crippen molar-refractivity contribution in [2.45, 2.75) is 6.92 Å². The summed E-state index contributed by atoms with van der Waals surface area (Å²) in [4.78, 5) is 11.1. The quantitative estimate of drug-likeness (QED) is 0.559. The van der Waals surface area contributed by atoms with Crippen LogP contribution in [0, 0.1) is 6.92 Å². The van der Waals surface area contributed by atoms with Crippen LogP contribution in [0.2, 0.25) is 0 Å². The molecule has 4 heteroatoms. The van der Waals surface area contributed by atoms with Crippen LogP contribution in [0.25, 0.3) is 0 Å². The van der Waals surface area contributed by atoms with E-state index in [9.17, 15) is 4.79 Å². The predicted molar refractivity (Wildman–Crippen MR) is 48.4 cm³/mol. The van der Waals surface area contributed by atoms with Crippen molar-refractivity contribution in [3.05, 3.63) is 35.4 Å². The lowest BCUT2D eigenvalue weighted by atomic mass is 10.1. The maximum atomic E-state index is 11.1. The smallest absolute Gasteiger partial charge is 0.351 e. The third-order valence-corrected chi connectivity index (χ3v) is 1.74. The van der Waals surface area contributed by atoms with Gasteiger partial charge in [0.2, 0.25) is 0 Å². The van der Waals surface area contributed by atoms with Gasteiger partial charge in [-0.2, -0.15) is 0 Å². The Morgan fingerprint density at radius 1 is 1.50 bits per heavy atom. The molecule has 0 fully saturated rings. The van der Waals surface area contributed by atoms with Crippen LogP contribution in [0.4, 0.5) is 0 Å². The molecule has 0 saturated carbocycles. The summed E-state index contributed by atoms with van der Waals surface area (Å²) in [6, 6.07) is 7.19. The van der Waals surface area contributed by atoms with E-state index in [0.717, 1.165) is 5.56 Å². The second-order valence-corrected chi connectivity index (χ2v) is 2.64. The number of rotatable bonds is 2. The second-order valence-electron chi connectivity index (χ2n) is 2.28. The molecule has 0 unspecified atom stereocenters. The van der Waals surface area contributed by atoms with E-state index in [4.69, 9.17) is 5.14 Å². The van der Waals surface area contributed by atoms with Gasteiger partial charge in [0.15, 0.2) is 0 Å². The summed E-state index contributed by atoms with van der Waals surface area (Å²) in [7, 11) is 0. The molecule has 0 saturated heterocycles. The lowest BCUT2D eigenvalue weighted by Gasteiger charge is -2.01. The molecule has 64 valence electrons. The van der Waals surface area contributed by atoms with Crippen LogP contribution in [-0.2, 0) is 4.18 Å². The van der Waals surface area contributed by atoms with Gasteiger partial charge >= 0.3 is 5.97 Å². The van der Waals surface area contributed by atoms with Crippen LogP contribution in [0.15, 0.2) is 24.3 Å². The topological polar surface area (TPSA) is 52.3 Å². The highest BCUT2D eigenvalue weighted by molar-refractivity contribution is 7.92. The summed E-state index contributed by atoms with van der Waals surface area (Å²) in [5, 5.41) is 4.99. The van der Waals surface area contributed by atoms with E-state index in [2.05, 4.69) is 4.18 Å². The van der Waals surface area contributed by atoms with Crippen LogP contribution in [0.5, 0.6) is 0 Å². The Kier molecular flexibility index (Phi) is 3.13. The Morgan fingerprint density at radius 2 is 2.17 bits per heavy atom. The van der Waals surface area contributed by atoms with E-state index >= 15 is 0 Å². The average Bonchev–Trinajstić information content (AvgIpc) is 2.05. The first-order valence-corrected chi connectivity index (χ1v) is 4.19. The summed E-state index contributed by atoms with van der Waals surface area (Å²) >= 11 is 0.564. The van der Waals surface area contributed by atoms with Crippen LogP contribution in [0.1, 0.15) is 15.9 Å². The van der Waals surface area contributed by atoms with Gasteiger partial charge in [-0.25, -0.2) is 9.93 Å². The van der Waals surface area contributed by atoms with E-state index in [1.54, 1.807) is 12.1 Å². The van der Waals surface area contributed by atoms with Crippen LogP contribution < -0.4 is 5.14 Å². The minimum absolute atomic E-state index is 0.402. The first-order chi connectivity index (χ1) is 5.75. The number of benzene rings is 1. The van der Waals surface area contributed by atoms with E-state index in [0.29, 0.717) is 17.8 Å². The molecular formula is C8H9NO2S. The number of hydrogen-bond donors (Lipinski definition) is 1. The minimum atomic E-state index is -0.402. The normalized spacial score (nSPS) is 9.50. The van der Waals surface area contributed by atoms with Crippen molar-refractivity contribution in [2.24, 2.45) is 5.14 Å². The number of carbonyl (C=O) groups is 1. The lowest BCUT2D eigenvalue weighted by Crippen LogP contribution is -2.03. The molecule has 1 aromatic carbocycles. The lowest BCUT2D eigenvalue weighted by molar-refractivity contribution is 0.0767. The molecule has 0 heterocycles. The number of aryl methyl sites for hydroxylation is 1. The van der Waals surface area contributed by atoms with E-state index in [1.807, 2.05) is 19.1 Å². The third-order valence-electron chi connectivity index (χ3n) is 1.49. The van der Waals surface area contributed by atoms with Crippen LogP contribution in [0.3, 0.4) is 0 Å². The van der Waals surface area contributed by atoms with Gasteiger partial charge in [0.25, 0.3) is 0 Å². The zero-order valence-electron chi connectivity index (χ0n) is 6.61. The van der Waals surface area contributed by atoms with Gasteiger partial charge in [-0.1, -0.05) is 18.2 Å². The number of nitrogens with two attached hydrogens (primary N) is 1. The van der Waals surface area contributed by atoms with Crippen molar-refractivity contribution >= 4 is 18.2 Å². The monoisotopic (exact) mass is 183 g/mol. The van der Waals surface area contributed by atoms with Crippen LogP contribution in [-0.4, -0.2) is 5.97 Å². The first kappa shape index (κ1) is 9.09. The summed E-state index contributed by atoms with van der Waals surface area (Å²) in [6.45, 7) is 1.85. The maximum Gasteiger partial charge on any atom is 0.351 e. The van der Waals surface area contributed by atoms with E-state index in [-0.39, 0.29) is 0 Å². The molecule has 0 amide bonds. The fraction of sp³-hybridized carbons (Fsp3) is 0.125. The molecule has 2 N–H and O–H groups in total. The zero-order chi connectivity index (χ0) is 8.97. The Morgan fingerprint density at radius 3 is 2.75 bits per heavy atom. The molecule has 0 aromatic heterocycles. The van der Waals surface area contributed by atoms with Crippen molar-refractivity contribution in [3.63, 3.8) is 0 Å². The van der Waals surface area contributed by atoms with Gasteiger partial charge in [-0.05, 0) is 18.6 Å². The van der Waals surface area contributed by atoms with Crippen molar-refractivity contribution < 1.29 is 8.98 Å². The maximum absolute atomic E-state index is 11.1. The van der Waals surface area contributed by atoms with Gasteiger partial charge in [0.1, 0.15) is 12.2 Å². The molecule has 0 bridgehead atoms. The molecular weight excluding hydrogens is 174 g/mol. The summed E-state index contributed by atoms with van der Waals surface area (Å²) in [5.41, 5.74) is 1.44. The van der Waals surface area contributed by atoms with Crippen molar-refractivity contribution in [3.8, 4) is 0 Å². The highest BCUT2D eigenvalue weighted by Crippen LogP contribution is 2.10. The Hall–Kier alpha value is -1.00. The Labute approximate surface area is 75.2 Å². The van der Waals surface area contributed by atoms with Crippen molar-refractivity contribution in [1.82, 2.24) is 0 Å². The van der Waals surface area contributed by atoms with Crippen molar-refractivity contribution in [1.29, 1.82) is 0 Å². The third kappa shape index (κ3) is 1.99. The molecule has 12 heavy (non-hydrogen) atoms. The highest BCUT2D eigenvalue weighted by atomic mass is 32.2. The average molecular weight is 183 g/mol. The molecule has 0 spiro atoms. The predicted octanol–water partition coefficient (Wildman–Crippen LogP) is 1.67. The molecule has 0 radical (unpaired) electrons. The fourth-order valence-electron chi connectivity index (χ4n) is 0.891. The van der Waals surface area contributed by atoms with Gasteiger partial charge in [0, 0.05) is 0 Å². The summed E-state index contributed by atoms with van der Waals surface area (Å²) < 4.78 is 4.56. The van der Waals surface area contributed by atoms with E-state index < -0.39 is 5.97 Å². The zero-order valence-corrected chi connectivity index (χ0v) is 7.43. The standard InChI is InChI=1S/C8H9NO2S/c1-6-4-2-3-5-7(6)8(10)11-12-9/h2-5H,9H2,1H3. The van der Waals surface area contributed by atoms with E-state index in [1.165, 1.54) is 0 Å². The molecule has 0 atom stereocenters. The summed E-state index contributed by atoms with van der Waals surface area (Å²) in [6.07, 6.45) is 0. The number of carbonyl (C=O) groups excluding carboxylic acids is 1. The Bertz CT molecular complexity index is 288. The molecule has 0 aliphatic rings. The summed E-state index contributed by atoms with van der Waals surface area (Å²) in [5.74, 6) is -0.402. The molecule has 1 aromatic rings. The van der Waals surface area contributed by atoms with Gasteiger partial charge in [-0.3, -0.25) is 0 Å². The largest absolute Gasteiger partial charge is 0.371 e. The fourth-order valence-corrected chi connectivity index (χ4v) is 1.07. The van der Waals surface area contributed by atoms with Crippen LogP contribution >= 0.6 is 12.2 Å². The minimum Gasteiger partial charge on any atom is -0.371 e. The molecule has 0 aliphatic carbocycles. The molecule has 3 nitrogen and oxygen atoms in total. The van der Waals surface area contributed by atoms with Gasteiger partial charge < -0.3 is 4.18 Å². The first-order valence-electron chi connectivity index (χ1n) is 3.39. The van der Waals surface area contributed by atoms with Crippen molar-refractivity contribution in [2.75, 3.05) is 0 Å². The highest BCUT2D eigenvalue weighted by Gasteiger charge is 2.08. The molecule has 1 rings (SSSR count). The second kappa shape index (κ2) is 4.13. The SMILES string of the molecule is Cc1ccccc1C(=O)OSN. The van der Waals surface area contributed by atoms with Gasteiger partial charge in [0.05, 0.1) is 5.56 Å². The molecule has 0 aliphatic heterocycles.